The van der Waals surface area contributed by atoms with Crippen molar-refractivity contribution < 1.29 is 19.1 Å². The van der Waals surface area contributed by atoms with E-state index in [4.69, 9.17) is 9.47 Å². The van der Waals surface area contributed by atoms with Crippen LogP contribution in [0.2, 0.25) is 0 Å². The predicted molar refractivity (Wildman–Crippen MR) is 137 cm³/mol. The molecule has 0 bridgehead atoms. The Bertz CT molecular complexity index is 1170. The lowest BCUT2D eigenvalue weighted by molar-refractivity contribution is -0.113. The van der Waals surface area contributed by atoms with E-state index in [-0.39, 0.29) is 30.3 Å². The Morgan fingerprint density at radius 3 is 2.49 bits per heavy atom. The van der Waals surface area contributed by atoms with E-state index in [9.17, 15) is 9.59 Å². The fourth-order valence-electron chi connectivity index (χ4n) is 3.17. The van der Waals surface area contributed by atoms with E-state index in [0.29, 0.717) is 33.2 Å². The fourth-order valence-corrected chi connectivity index (χ4v) is 4.87. The number of anilines is 1. The topological polar surface area (TPSA) is 108 Å². The summed E-state index contributed by atoms with van der Waals surface area (Å²) in [5.41, 5.74) is 1.85. The maximum atomic E-state index is 12.5. The highest BCUT2D eigenvalue weighted by Gasteiger charge is 2.19. The predicted octanol–water partition coefficient (Wildman–Crippen LogP) is 4.85. The first-order chi connectivity index (χ1) is 16.6. The summed E-state index contributed by atoms with van der Waals surface area (Å²) < 4.78 is 12.9. The van der Waals surface area contributed by atoms with Gasteiger partial charge < -0.3 is 19.4 Å². The number of aromatic nitrogens is 4. The lowest BCUT2D eigenvalue weighted by Gasteiger charge is -2.19. The second-order valence-corrected chi connectivity index (χ2v) is 10.6. The lowest BCUT2D eigenvalue weighted by Crippen LogP contribution is -2.14. The summed E-state index contributed by atoms with van der Waals surface area (Å²) in [6.45, 7) is 13.2. The van der Waals surface area contributed by atoms with E-state index in [1.54, 1.807) is 13.8 Å². The van der Waals surface area contributed by atoms with Crippen LogP contribution in [0.1, 0.15) is 61.4 Å². The minimum absolute atomic E-state index is 0.0842. The summed E-state index contributed by atoms with van der Waals surface area (Å²) in [7, 11) is 0. The minimum Gasteiger partial charge on any atom is -0.486 e. The van der Waals surface area contributed by atoms with Crippen LogP contribution >= 0.6 is 23.1 Å². The molecule has 0 unspecified atom stereocenters. The Hall–Kier alpha value is -2.92. The average Bonchev–Trinajstić information content (AvgIpc) is 3.38. The van der Waals surface area contributed by atoms with Crippen LogP contribution in [0.15, 0.2) is 29.4 Å². The lowest BCUT2D eigenvalue weighted by atomic mass is 9.87. The first kappa shape index (κ1) is 26.7. The van der Waals surface area contributed by atoms with E-state index >= 15 is 0 Å². The van der Waals surface area contributed by atoms with E-state index in [1.807, 2.05) is 23.6 Å². The standard InChI is InChI=1S/C24H31N5O4S2/c1-7-29-18(13-33-17-11-9-16(10-12-17)24(4,5)6)27-28-23(29)34-14-19(30)26-22-25-15(3)20(35-22)21(31)32-8-2/h9-12H,7-8,13-14H2,1-6H3,(H,25,26,30). The molecule has 11 heteroatoms. The van der Waals surface area contributed by atoms with Crippen LogP contribution in [0.5, 0.6) is 5.75 Å². The Labute approximate surface area is 213 Å². The van der Waals surface area contributed by atoms with Crippen molar-refractivity contribution >= 4 is 40.1 Å². The largest absolute Gasteiger partial charge is 0.486 e. The van der Waals surface area contributed by atoms with Gasteiger partial charge in [-0.05, 0) is 43.9 Å². The molecule has 188 valence electrons. The molecule has 0 aliphatic rings. The fraction of sp³-hybridized carbons (Fsp3) is 0.458. The van der Waals surface area contributed by atoms with Gasteiger partial charge in [-0.3, -0.25) is 4.79 Å². The zero-order valence-electron chi connectivity index (χ0n) is 20.9. The van der Waals surface area contributed by atoms with Crippen molar-refractivity contribution in [3.8, 4) is 5.75 Å². The summed E-state index contributed by atoms with van der Waals surface area (Å²) >= 11 is 2.38. The summed E-state index contributed by atoms with van der Waals surface area (Å²) in [6.07, 6.45) is 0. The van der Waals surface area contributed by atoms with E-state index < -0.39 is 5.97 Å². The number of thioether (sulfide) groups is 1. The molecule has 2 aromatic heterocycles. The first-order valence-electron chi connectivity index (χ1n) is 11.3. The van der Waals surface area contributed by atoms with Crippen LogP contribution in [0, 0.1) is 6.92 Å². The van der Waals surface area contributed by atoms with Gasteiger partial charge in [0.2, 0.25) is 5.91 Å². The van der Waals surface area contributed by atoms with Gasteiger partial charge in [-0.2, -0.15) is 0 Å². The molecule has 0 aliphatic carbocycles. The maximum Gasteiger partial charge on any atom is 0.350 e. The number of thiazole rings is 1. The van der Waals surface area contributed by atoms with Gasteiger partial charge >= 0.3 is 5.97 Å². The molecule has 0 saturated heterocycles. The van der Waals surface area contributed by atoms with Gasteiger partial charge in [0.15, 0.2) is 16.1 Å². The highest BCUT2D eigenvalue weighted by Crippen LogP contribution is 2.26. The third-order valence-electron chi connectivity index (χ3n) is 5.03. The van der Waals surface area contributed by atoms with Gasteiger partial charge in [0.1, 0.15) is 17.2 Å². The van der Waals surface area contributed by atoms with Gasteiger partial charge in [-0.25, -0.2) is 9.78 Å². The van der Waals surface area contributed by atoms with Crippen LogP contribution in [0.3, 0.4) is 0 Å². The number of nitrogens with one attached hydrogen (secondary N) is 1. The zero-order valence-corrected chi connectivity index (χ0v) is 22.5. The van der Waals surface area contributed by atoms with Gasteiger partial charge in [-0.1, -0.05) is 56.0 Å². The molecule has 1 aromatic carbocycles. The number of rotatable bonds is 10. The van der Waals surface area contributed by atoms with Crippen LogP contribution in [-0.2, 0) is 28.1 Å². The molecular formula is C24H31N5O4S2. The highest BCUT2D eigenvalue weighted by atomic mass is 32.2. The Morgan fingerprint density at radius 1 is 1.14 bits per heavy atom. The molecule has 9 nitrogen and oxygen atoms in total. The van der Waals surface area contributed by atoms with Gasteiger partial charge in [0, 0.05) is 6.54 Å². The van der Waals surface area contributed by atoms with Crippen molar-refractivity contribution in [3.05, 3.63) is 46.2 Å². The average molecular weight is 518 g/mol. The molecule has 3 rings (SSSR count). The van der Waals surface area contributed by atoms with Crippen LogP contribution in [-0.4, -0.2) is 44.0 Å². The number of ether oxygens (including phenoxy) is 2. The number of hydrogen-bond acceptors (Lipinski definition) is 9. The maximum absolute atomic E-state index is 12.5. The van der Waals surface area contributed by atoms with Crippen molar-refractivity contribution in [3.63, 3.8) is 0 Å². The molecule has 0 atom stereocenters. The molecule has 0 saturated carbocycles. The summed E-state index contributed by atoms with van der Waals surface area (Å²) in [5, 5.41) is 12.2. The third-order valence-corrected chi connectivity index (χ3v) is 7.05. The smallest absolute Gasteiger partial charge is 0.350 e. The molecule has 0 fully saturated rings. The number of nitrogens with zero attached hydrogens (tertiary/aromatic N) is 4. The quantitative estimate of drug-likeness (QED) is 0.300. The molecule has 0 radical (unpaired) electrons. The Morgan fingerprint density at radius 2 is 1.86 bits per heavy atom. The zero-order chi connectivity index (χ0) is 25.6. The van der Waals surface area contributed by atoms with Crippen molar-refractivity contribution in [1.29, 1.82) is 0 Å². The van der Waals surface area contributed by atoms with E-state index in [2.05, 4.69) is 53.4 Å². The number of carbonyl (C=O) groups is 2. The molecule has 0 spiro atoms. The normalized spacial score (nSPS) is 11.4. The number of amides is 1. The van der Waals surface area contributed by atoms with E-state index in [1.165, 1.54) is 17.3 Å². The molecule has 1 N–H and O–H groups in total. The van der Waals surface area contributed by atoms with Crippen molar-refractivity contribution in [2.45, 2.75) is 65.3 Å². The third kappa shape index (κ3) is 7.04. The SMILES string of the molecule is CCOC(=O)c1sc(NC(=O)CSc2nnc(COc3ccc(C(C)(C)C)cc3)n2CC)nc1C. The number of esters is 1. The molecule has 2 heterocycles. The van der Waals surface area contributed by atoms with E-state index in [0.717, 1.165) is 17.1 Å². The monoisotopic (exact) mass is 517 g/mol. The molecular weight excluding hydrogens is 486 g/mol. The summed E-state index contributed by atoms with van der Waals surface area (Å²) in [5.74, 6) is 0.888. The van der Waals surface area contributed by atoms with Gasteiger partial charge in [-0.15, -0.1) is 10.2 Å². The summed E-state index contributed by atoms with van der Waals surface area (Å²) in [4.78, 5) is 29.0. The molecule has 3 aromatic rings. The molecule has 35 heavy (non-hydrogen) atoms. The highest BCUT2D eigenvalue weighted by molar-refractivity contribution is 7.99. The van der Waals surface area contributed by atoms with Gasteiger partial charge in [0.25, 0.3) is 0 Å². The second kappa shape index (κ2) is 11.7. The second-order valence-electron chi connectivity index (χ2n) is 8.70. The first-order valence-corrected chi connectivity index (χ1v) is 13.1. The summed E-state index contributed by atoms with van der Waals surface area (Å²) in [6, 6.07) is 8.06. The van der Waals surface area contributed by atoms with Crippen molar-refractivity contribution in [2.24, 2.45) is 0 Å². The Kier molecular flexibility index (Phi) is 8.90. The number of carbonyl (C=O) groups excluding carboxylic acids is 2. The van der Waals surface area contributed by atoms with Gasteiger partial charge in [0.05, 0.1) is 18.1 Å². The Balaban J connectivity index is 1.56. The van der Waals surface area contributed by atoms with Crippen LogP contribution in [0.25, 0.3) is 0 Å². The molecule has 0 aliphatic heterocycles. The number of hydrogen-bond donors (Lipinski definition) is 1. The van der Waals surface area contributed by atoms with Crippen molar-refractivity contribution in [2.75, 3.05) is 17.7 Å². The van der Waals surface area contributed by atoms with Crippen molar-refractivity contribution in [1.82, 2.24) is 19.7 Å². The van der Waals surface area contributed by atoms with Crippen LogP contribution in [0.4, 0.5) is 5.13 Å². The van der Waals surface area contributed by atoms with Crippen LogP contribution < -0.4 is 10.1 Å². The minimum atomic E-state index is -0.437. The molecule has 1 amide bonds. The number of benzene rings is 1. The number of aryl methyl sites for hydroxylation is 1.